The molecule has 0 bridgehead atoms. The number of fused-ring (bicyclic) bond motifs is 2. The van der Waals surface area contributed by atoms with Gasteiger partial charge in [-0.05, 0) is 36.4 Å². The molecular weight excluding hydrogens is 246 g/mol. The van der Waals surface area contributed by atoms with Crippen molar-refractivity contribution in [1.29, 1.82) is 0 Å². The number of pyridine rings is 1. The number of rotatable bonds is 0. The summed E-state index contributed by atoms with van der Waals surface area (Å²) in [5, 5.41) is 20.8. The monoisotopic (exact) mass is 257 g/mol. The van der Waals surface area contributed by atoms with Crippen molar-refractivity contribution < 1.29 is 10.2 Å². The van der Waals surface area contributed by atoms with E-state index in [1.54, 1.807) is 24.3 Å². The minimum absolute atomic E-state index is 0.188. The van der Waals surface area contributed by atoms with Crippen molar-refractivity contribution in [3.05, 3.63) is 40.9 Å². The van der Waals surface area contributed by atoms with E-state index in [2.05, 4.69) is 0 Å². The van der Waals surface area contributed by atoms with Gasteiger partial charge >= 0.3 is 0 Å². The Kier molecular flexibility index (Phi) is 2.28. The predicted molar refractivity (Wildman–Crippen MR) is 74.6 cm³/mol. The zero-order valence-corrected chi connectivity index (χ0v) is 10.5. The molecule has 18 heavy (non-hydrogen) atoms. The van der Waals surface area contributed by atoms with Gasteiger partial charge in [-0.15, -0.1) is 0 Å². The summed E-state index contributed by atoms with van der Waals surface area (Å²) in [6.07, 6.45) is 0. The van der Waals surface area contributed by atoms with Gasteiger partial charge in [-0.2, -0.15) is 0 Å². The lowest BCUT2D eigenvalue weighted by atomic mass is 10.1. The molecule has 0 saturated heterocycles. The first-order valence-corrected chi connectivity index (χ1v) is 5.93. The van der Waals surface area contributed by atoms with Crippen molar-refractivity contribution >= 4 is 34.0 Å². The highest BCUT2D eigenvalue weighted by molar-refractivity contribution is 7.72. The van der Waals surface area contributed by atoms with E-state index in [1.807, 2.05) is 23.7 Å². The fourth-order valence-electron chi connectivity index (χ4n) is 2.27. The zero-order valence-electron chi connectivity index (χ0n) is 9.71. The average Bonchev–Trinajstić information content (AvgIpc) is 2.35. The number of aryl methyl sites for hydroxylation is 1. The molecule has 0 unspecified atom stereocenters. The highest BCUT2D eigenvalue weighted by Gasteiger charge is 2.07. The normalized spacial score (nSPS) is 11.2. The van der Waals surface area contributed by atoms with Crippen molar-refractivity contribution in [2.45, 2.75) is 0 Å². The Balaban J connectivity index is 2.65. The molecule has 0 amide bonds. The second-order valence-electron chi connectivity index (χ2n) is 4.29. The number of phenolic OH excluding ortho intramolecular Hbond substituents is 2. The van der Waals surface area contributed by atoms with Crippen LogP contribution in [-0.4, -0.2) is 14.8 Å². The summed E-state index contributed by atoms with van der Waals surface area (Å²) >= 11 is 5.44. The third-order valence-corrected chi connectivity index (χ3v) is 3.61. The van der Waals surface area contributed by atoms with E-state index < -0.39 is 0 Å². The lowest BCUT2D eigenvalue weighted by Crippen LogP contribution is -1.96. The minimum atomic E-state index is 0.188. The van der Waals surface area contributed by atoms with Gasteiger partial charge in [-0.3, -0.25) is 0 Å². The van der Waals surface area contributed by atoms with Crippen LogP contribution in [0.25, 0.3) is 21.8 Å². The lowest BCUT2D eigenvalue weighted by molar-refractivity contribution is 0.476. The summed E-state index contributed by atoms with van der Waals surface area (Å²) in [5.41, 5.74) is 1.91. The van der Waals surface area contributed by atoms with Crippen LogP contribution in [0, 0.1) is 4.51 Å². The van der Waals surface area contributed by atoms with Crippen molar-refractivity contribution in [2.75, 3.05) is 0 Å². The number of aromatic nitrogens is 1. The van der Waals surface area contributed by atoms with Crippen LogP contribution in [0.1, 0.15) is 0 Å². The molecule has 1 heterocycles. The Morgan fingerprint density at radius 3 is 1.78 bits per heavy atom. The fourth-order valence-corrected chi connectivity index (χ4v) is 2.60. The molecule has 3 rings (SSSR count). The standard InChI is InChI=1S/C14H11NO2S/c1-15-12-4-2-8(16)6-10(12)14(18)11-7-9(17)3-5-13(11)15/h2-7,16-17H,1H3. The molecule has 0 spiro atoms. The SMILES string of the molecule is Cn1c2ccc(O)cc2c(=S)c2cc(O)ccc21. The number of phenols is 2. The van der Waals surface area contributed by atoms with Crippen molar-refractivity contribution in [1.82, 2.24) is 4.57 Å². The van der Waals surface area contributed by atoms with Crippen molar-refractivity contribution in [3.63, 3.8) is 0 Å². The van der Waals surface area contributed by atoms with Gasteiger partial charge in [0, 0.05) is 28.9 Å². The highest BCUT2D eigenvalue weighted by atomic mass is 32.1. The van der Waals surface area contributed by atoms with Crippen LogP contribution in [-0.2, 0) is 7.05 Å². The Morgan fingerprint density at radius 1 is 0.889 bits per heavy atom. The van der Waals surface area contributed by atoms with Crippen LogP contribution in [0.15, 0.2) is 36.4 Å². The van der Waals surface area contributed by atoms with E-state index in [0.717, 1.165) is 21.8 Å². The molecule has 2 N–H and O–H groups in total. The van der Waals surface area contributed by atoms with Gasteiger partial charge in [0.15, 0.2) is 0 Å². The molecule has 2 aromatic carbocycles. The molecule has 0 atom stereocenters. The maximum absolute atomic E-state index is 9.57. The van der Waals surface area contributed by atoms with Gasteiger partial charge < -0.3 is 14.8 Å². The second kappa shape index (κ2) is 3.71. The van der Waals surface area contributed by atoms with Gasteiger partial charge in [0.2, 0.25) is 0 Å². The van der Waals surface area contributed by atoms with E-state index in [-0.39, 0.29) is 11.5 Å². The molecule has 0 fully saturated rings. The molecule has 0 radical (unpaired) electrons. The van der Waals surface area contributed by atoms with E-state index >= 15 is 0 Å². The number of nitrogens with zero attached hydrogens (tertiary/aromatic N) is 1. The van der Waals surface area contributed by atoms with Gasteiger partial charge in [0.1, 0.15) is 11.5 Å². The quantitative estimate of drug-likeness (QED) is 0.479. The van der Waals surface area contributed by atoms with E-state index in [4.69, 9.17) is 12.2 Å². The van der Waals surface area contributed by atoms with Gasteiger partial charge in [-0.1, -0.05) is 12.2 Å². The highest BCUT2D eigenvalue weighted by Crippen LogP contribution is 2.29. The fraction of sp³-hybridized carbons (Fsp3) is 0.0714. The average molecular weight is 257 g/mol. The first kappa shape index (κ1) is 11.0. The van der Waals surface area contributed by atoms with E-state index in [9.17, 15) is 10.2 Å². The third-order valence-electron chi connectivity index (χ3n) is 3.17. The predicted octanol–water partition coefficient (Wildman–Crippen LogP) is 3.47. The van der Waals surface area contributed by atoms with Gasteiger partial charge in [-0.25, -0.2) is 0 Å². The summed E-state index contributed by atoms with van der Waals surface area (Å²) in [5.74, 6) is 0.376. The molecular formula is C14H11NO2S. The molecule has 3 nitrogen and oxygen atoms in total. The molecule has 3 aromatic rings. The van der Waals surface area contributed by atoms with Crippen LogP contribution in [0.5, 0.6) is 11.5 Å². The first-order valence-electron chi connectivity index (χ1n) is 5.52. The Hall–Kier alpha value is -2.07. The smallest absolute Gasteiger partial charge is 0.116 e. The second-order valence-corrected chi connectivity index (χ2v) is 4.70. The zero-order chi connectivity index (χ0) is 12.9. The van der Waals surface area contributed by atoms with E-state index in [1.165, 1.54) is 0 Å². The first-order chi connectivity index (χ1) is 8.58. The third kappa shape index (κ3) is 1.46. The summed E-state index contributed by atoms with van der Waals surface area (Å²) in [4.78, 5) is 0. The lowest BCUT2D eigenvalue weighted by Gasteiger charge is -2.11. The van der Waals surface area contributed by atoms with Crippen LogP contribution < -0.4 is 0 Å². The number of hydrogen-bond donors (Lipinski definition) is 2. The molecule has 90 valence electrons. The summed E-state index contributed by atoms with van der Waals surface area (Å²) in [7, 11) is 1.94. The van der Waals surface area contributed by atoms with Crippen molar-refractivity contribution in [3.8, 4) is 11.5 Å². The van der Waals surface area contributed by atoms with Crippen LogP contribution >= 0.6 is 12.2 Å². The Labute approximate surface area is 109 Å². The van der Waals surface area contributed by atoms with Crippen molar-refractivity contribution in [2.24, 2.45) is 7.05 Å². The van der Waals surface area contributed by atoms with Gasteiger partial charge in [0.25, 0.3) is 0 Å². The molecule has 0 aliphatic rings. The maximum Gasteiger partial charge on any atom is 0.116 e. The molecule has 0 aliphatic carbocycles. The van der Waals surface area contributed by atoms with Crippen LogP contribution in [0.4, 0.5) is 0 Å². The Bertz CT molecular complexity index is 770. The Morgan fingerprint density at radius 2 is 1.33 bits per heavy atom. The summed E-state index contributed by atoms with van der Waals surface area (Å²) < 4.78 is 2.64. The van der Waals surface area contributed by atoms with Crippen LogP contribution in [0.2, 0.25) is 0 Å². The minimum Gasteiger partial charge on any atom is -0.508 e. The maximum atomic E-state index is 9.57. The molecule has 1 aromatic heterocycles. The van der Waals surface area contributed by atoms with E-state index in [0.29, 0.717) is 4.51 Å². The van der Waals surface area contributed by atoms with Gasteiger partial charge in [0.05, 0.1) is 4.51 Å². The number of benzene rings is 2. The molecule has 4 heteroatoms. The largest absolute Gasteiger partial charge is 0.508 e. The summed E-state index contributed by atoms with van der Waals surface area (Å²) in [6, 6.07) is 10.3. The topological polar surface area (TPSA) is 45.4 Å². The molecule has 0 saturated carbocycles. The number of aromatic hydroxyl groups is 2. The molecule has 0 aliphatic heterocycles. The van der Waals surface area contributed by atoms with Crippen LogP contribution in [0.3, 0.4) is 0 Å². The summed E-state index contributed by atoms with van der Waals surface area (Å²) in [6.45, 7) is 0. The number of hydrogen-bond acceptors (Lipinski definition) is 3.